The zero-order chi connectivity index (χ0) is 12.9. The molecule has 18 heavy (non-hydrogen) atoms. The third kappa shape index (κ3) is 1.99. The first kappa shape index (κ1) is 12.2. The van der Waals surface area contributed by atoms with Gasteiger partial charge < -0.3 is 14.6 Å². The second-order valence-corrected chi connectivity index (χ2v) is 6.89. The van der Waals surface area contributed by atoms with Crippen LogP contribution in [0.5, 0.6) is 0 Å². The van der Waals surface area contributed by atoms with Crippen LogP contribution in [0, 0.1) is 5.41 Å². The minimum absolute atomic E-state index is 0.215. The normalized spacial score (nSPS) is 31.6. The van der Waals surface area contributed by atoms with Crippen LogP contribution < -0.4 is 0 Å². The summed E-state index contributed by atoms with van der Waals surface area (Å²) < 4.78 is 2.43. The zero-order valence-electron chi connectivity index (χ0n) is 11.7. The molecule has 1 N–H and O–H groups in total. The van der Waals surface area contributed by atoms with Gasteiger partial charge in [0.1, 0.15) is 0 Å². The first-order chi connectivity index (χ1) is 8.46. The predicted molar refractivity (Wildman–Crippen MR) is 72.6 cm³/mol. The van der Waals surface area contributed by atoms with E-state index in [0.717, 1.165) is 19.4 Å². The van der Waals surface area contributed by atoms with Crippen molar-refractivity contribution in [1.29, 1.82) is 0 Å². The highest BCUT2D eigenvalue weighted by molar-refractivity contribution is 5.30. The molecule has 1 saturated heterocycles. The van der Waals surface area contributed by atoms with Crippen LogP contribution in [0.3, 0.4) is 0 Å². The fraction of sp³-hybridized carbons (Fsp3) is 0.733. The maximum atomic E-state index is 10.3. The average molecular weight is 248 g/mol. The molecule has 0 aromatic carbocycles. The van der Waals surface area contributed by atoms with Crippen LogP contribution in [0.15, 0.2) is 12.3 Å². The Bertz CT molecular complexity index is 449. The third-order valence-electron chi connectivity index (χ3n) is 4.57. The van der Waals surface area contributed by atoms with Crippen LogP contribution in [0.1, 0.15) is 50.1 Å². The molecule has 3 nitrogen and oxygen atoms in total. The second-order valence-electron chi connectivity index (χ2n) is 6.89. The van der Waals surface area contributed by atoms with Gasteiger partial charge in [-0.25, -0.2) is 0 Å². The van der Waals surface area contributed by atoms with Crippen LogP contribution in [-0.4, -0.2) is 34.7 Å². The lowest BCUT2D eigenvalue weighted by Gasteiger charge is -2.34. The fourth-order valence-electron chi connectivity index (χ4n) is 3.63. The fourth-order valence-corrected chi connectivity index (χ4v) is 3.63. The number of aromatic nitrogens is 1. The van der Waals surface area contributed by atoms with E-state index in [1.165, 1.54) is 24.2 Å². The number of rotatable bonds is 1. The maximum Gasteiger partial charge on any atom is 0.0812 e. The van der Waals surface area contributed by atoms with Crippen LogP contribution in [0.25, 0.3) is 0 Å². The molecule has 0 saturated carbocycles. The van der Waals surface area contributed by atoms with E-state index in [1.807, 2.05) is 0 Å². The van der Waals surface area contributed by atoms with Gasteiger partial charge in [-0.15, -0.1) is 0 Å². The summed E-state index contributed by atoms with van der Waals surface area (Å²) in [6.45, 7) is 6.84. The summed E-state index contributed by atoms with van der Waals surface area (Å²) >= 11 is 0. The van der Waals surface area contributed by atoms with Gasteiger partial charge in [-0.05, 0) is 44.3 Å². The van der Waals surface area contributed by atoms with Crippen molar-refractivity contribution in [2.24, 2.45) is 5.41 Å². The summed E-state index contributed by atoms with van der Waals surface area (Å²) in [6, 6.07) is 2.73. The maximum absolute atomic E-state index is 10.3. The first-order valence-corrected chi connectivity index (χ1v) is 7.02. The minimum atomic E-state index is -0.274. The third-order valence-corrected chi connectivity index (χ3v) is 4.57. The highest BCUT2D eigenvalue weighted by atomic mass is 16.3. The molecule has 2 unspecified atom stereocenters. The van der Waals surface area contributed by atoms with Gasteiger partial charge in [-0.1, -0.05) is 13.8 Å². The summed E-state index contributed by atoms with van der Waals surface area (Å²) in [5.74, 6) is 0. The lowest BCUT2D eigenvalue weighted by atomic mass is 9.75. The Balaban J connectivity index is 1.94. The van der Waals surface area contributed by atoms with Crippen molar-refractivity contribution in [1.82, 2.24) is 9.47 Å². The second kappa shape index (κ2) is 4.10. The predicted octanol–water partition coefficient (Wildman–Crippen LogP) is 2.37. The molecule has 2 heterocycles. The molecule has 1 aliphatic carbocycles. The molecule has 1 aliphatic heterocycles. The number of likely N-dealkylation sites (N-methyl/N-ethyl adjacent to an activating group) is 1. The summed E-state index contributed by atoms with van der Waals surface area (Å²) in [5.41, 5.74) is 2.76. The molecule has 3 heteroatoms. The molecular formula is C15H24N2O. The number of hydrogen-bond acceptors (Lipinski definition) is 2. The first-order valence-electron chi connectivity index (χ1n) is 7.02. The molecule has 0 spiro atoms. The summed E-state index contributed by atoms with van der Waals surface area (Å²) in [4.78, 5) is 2.39. The zero-order valence-corrected chi connectivity index (χ0v) is 11.7. The molecule has 2 atom stereocenters. The number of likely N-dealkylation sites (tertiary alicyclic amines) is 1. The topological polar surface area (TPSA) is 28.4 Å². The van der Waals surface area contributed by atoms with Crippen molar-refractivity contribution >= 4 is 0 Å². The molecule has 2 aliphatic rings. The van der Waals surface area contributed by atoms with Crippen LogP contribution >= 0.6 is 0 Å². The van der Waals surface area contributed by atoms with E-state index in [4.69, 9.17) is 0 Å². The monoisotopic (exact) mass is 248 g/mol. The SMILES string of the molecule is CN1CCC(n2ccc3c2CC(C)(C)CC3O)C1. The van der Waals surface area contributed by atoms with Crippen molar-refractivity contribution in [3.05, 3.63) is 23.5 Å². The van der Waals surface area contributed by atoms with Gasteiger partial charge in [0.2, 0.25) is 0 Å². The van der Waals surface area contributed by atoms with Gasteiger partial charge in [-0.3, -0.25) is 0 Å². The summed E-state index contributed by atoms with van der Waals surface area (Å²) in [7, 11) is 2.19. The highest BCUT2D eigenvalue weighted by Gasteiger charge is 2.35. The quantitative estimate of drug-likeness (QED) is 0.826. The van der Waals surface area contributed by atoms with Gasteiger partial charge >= 0.3 is 0 Å². The average Bonchev–Trinajstić information content (AvgIpc) is 2.82. The van der Waals surface area contributed by atoms with Crippen LogP contribution in [0.2, 0.25) is 0 Å². The van der Waals surface area contributed by atoms with E-state index in [2.05, 4.69) is 42.6 Å². The smallest absolute Gasteiger partial charge is 0.0812 e. The molecule has 3 rings (SSSR count). The van der Waals surface area contributed by atoms with Crippen molar-refractivity contribution < 1.29 is 5.11 Å². The van der Waals surface area contributed by atoms with E-state index in [0.29, 0.717) is 6.04 Å². The molecule has 1 aromatic rings. The van der Waals surface area contributed by atoms with Gasteiger partial charge in [0.05, 0.1) is 6.10 Å². The molecular weight excluding hydrogens is 224 g/mol. The Kier molecular flexibility index (Phi) is 2.79. The lowest BCUT2D eigenvalue weighted by molar-refractivity contribution is 0.0975. The Hall–Kier alpha value is -0.800. The van der Waals surface area contributed by atoms with Crippen LogP contribution in [0.4, 0.5) is 0 Å². The Labute approximate surface area is 109 Å². The Morgan fingerprint density at radius 2 is 2.17 bits per heavy atom. The molecule has 0 bridgehead atoms. The minimum Gasteiger partial charge on any atom is -0.388 e. The number of fused-ring (bicyclic) bond motifs is 1. The van der Waals surface area contributed by atoms with Gasteiger partial charge in [-0.2, -0.15) is 0 Å². The number of aliphatic hydroxyl groups excluding tert-OH is 1. The van der Waals surface area contributed by atoms with E-state index < -0.39 is 0 Å². The standard InChI is InChI=1S/C15H24N2O/c1-15(2)8-13-12(14(18)9-15)5-7-17(13)11-4-6-16(3)10-11/h5,7,11,14,18H,4,6,8-10H2,1-3H3. The number of nitrogens with zero attached hydrogens (tertiary/aromatic N) is 2. The van der Waals surface area contributed by atoms with Crippen molar-refractivity contribution in [3.63, 3.8) is 0 Å². The van der Waals surface area contributed by atoms with Gasteiger partial charge in [0.15, 0.2) is 0 Å². The number of hydrogen-bond donors (Lipinski definition) is 1. The number of aliphatic hydroxyl groups is 1. The van der Waals surface area contributed by atoms with Crippen molar-refractivity contribution in [2.45, 2.75) is 45.3 Å². The van der Waals surface area contributed by atoms with Gasteiger partial charge in [0.25, 0.3) is 0 Å². The molecule has 0 radical (unpaired) electrons. The summed E-state index contributed by atoms with van der Waals surface area (Å²) in [5, 5.41) is 10.3. The van der Waals surface area contributed by atoms with Gasteiger partial charge in [0, 0.05) is 30.0 Å². The van der Waals surface area contributed by atoms with Crippen molar-refractivity contribution in [3.8, 4) is 0 Å². The van der Waals surface area contributed by atoms with Crippen molar-refractivity contribution in [2.75, 3.05) is 20.1 Å². The lowest BCUT2D eigenvalue weighted by Crippen LogP contribution is -2.28. The highest BCUT2D eigenvalue weighted by Crippen LogP contribution is 2.42. The largest absolute Gasteiger partial charge is 0.388 e. The van der Waals surface area contributed by atoms with E-state index in [-0.39, 0.29) is 11.5 Å². The van der Waals surface area contributed by atoms with E-state index in [9.17, 15) is 5.11 Å². The molecule has 1 aromatic heterocycles. The Morgan fingerprint density at radius 1 is 1.39 bits per heavy atom. The molecule has 100 valence electrons. The van der Waals surface area contributed by atoms with E-state index >= 15 is 0 Å². The Morgan fingerprint density at radius 3 is 2.83 bits per heavy atom. The summed E-state index contributed by atoms with van der Waals surface area (Å²) in [6.07, 6.45) is 5.12. The molecule has 0 amide bonds. The van der Waals surface area contributed by atoms with E-state index in [1.54, 1.807) is 0 Å². The van der Waals surface area contributed by atoms with Crippen LogP contribution in [-0.2, 0) is 6.42 Å². The molecule has 1 fully saturated rings.